The highest BCUT2D eigenvalue weighted by Gasteiger charge is 2.14. The molecule has 35 heavy (non-hydrogen) atoms. The third-order valence-corrected chi connectivity index (χ3v) is 4.71. The second kappa shape index (κ2) is 13.3. The zero-order chi connectivity index (χ0) is 24.9. The first-order valence-electron chi connectivity index (χ1n) is 11.2. The molecule has 1 amide bonds. The molecule has 0 aliphatic rings. The number of nitriles is 1. The summed E-state index contributed by atoms with van der Waals surface area (Å²) < 4.78 is 21.8. The molecule has 0 fully saturated rings. The molecule has 8 heteroatoms. The Morgan fingerprint density at radius 1 is 1.06 bits per heavy atom. The standard InChI is InChI=1S/C27H26N2O6/c1-2-32-25-17-20(16-21(18-28)27(31)29-19-23-10-6-14-34-23)12-13-24(25)35-26(30)11-7-15-33-22-8-4-3-5-9-22/h3-6,8-10,12-14,16-17H,2,7,11,15,19H2,1H3,(H,29,31)/b21-16+. The Hall–Kier alpha value is -4.51. The molecule has 0 aliphatic heterocycles. The second-order valence-corrected chi connectivity index (χ2v) is 7.31. The number of para-hydroxylation sites is 1. The maximum absolute atomic E-state index is 12.4. The highest BCUT2D eigenvalue weighted by Crippen LogP contribution is 2.30. The van der Waals surface area contributed by atoms with Gasteiger partial charge in [-0.3, -0.25) is 9.59 Å². The summed E-state index contributed by atoms with van der Waals surface area (Å²) in [5, 5.41) is 12.1. The van der Waals surface area contributed by atoms with Crippen LogP contribution in [0.4, 0.5) is 0 Å². The zero-order valence-corrected chi connectivity index (χ0v) is 19.4. The third-order valence-electron chi connectivity index (χ3n) is 4.71. The number of carbonyl (C=O) groups excluding carboxylic acids is 2. The molecule has 0 saturated carbocycles. The summed E-state index contributed by atoms with van der Waals surface area (Å²) in [4.78, 5) is 24.7. The van der Waals surface area contributed by atoms with Gasteiger partial charge in [0.1, 0.15) is 23.2 Å². The zero-order valence-electron chi connectivity index (χ0n) is 19.4. The monoisotopic (exact) mass is 474 g/mol. The van der Waals surface area contributed by atoms with Crippen LogP contribution >= 0.6 is 0 Å². The van der Waals surface area contributed by atoms with E-state index in [-0.39, 0.29) is 24.3 Å². The van der Waals surface area contributed by atoms with Crippen molar-refractivity contribution >= 4 is 18.0 Å². The number of hydrogen-bond donors (Lipinski definition) is 1. The SMILES string of the molecule is CCOc1cc(/C=C(\C#N)C(=O)NCc2ccco2)ccc1OC(=O)CCCOc1ccccc1. The largest absolute Gasteiger partial charge is 0.494 e. The fraction of sp³-hybridized carbons (Fsp3) is 0.222. The maximum Gasteiger partial charge on any atom is 0.311 e. The maximum atomic E-state index is 12.4. The first kappa shape index (κ1) is 25.1. The van der Waals surface area contributed by atoms with Crippen molar-refractivity contribution in [3.05, 3.63) is 83.8 Å². The lowest BCUT2D eigenvalue weighted by Gasteiger charge is -2.12. The number of nitrogens with zero attached hydrogens (tertiary/aromatic N) is 1. The molecular formula is C27H26N2O6. The molecule has 0 unspecified atom stereocenters. The van der Waals surface area contributed by atoms with Gasteiger partial charge in [0.25, 0.3) is 5.91 Å². The van der Waals surface area contributed by atoms with Gasteiger partial charge in [-0.1, -0.05) is 24.3 Å². The molecule has 1 aromatic heterocycles. The van der Waals surface area contributed by atoms with Gasteiger partial charge in [-0.25, -0.2) is 0 Å². The van der Waals surface area contributed by atoms with E-state index in [0.29, 0.717) is 36.7 Å². The van der Waals surface area contributed by atoms with Crippen LogP contribution in [0.5, 0.6) is 17.2 Å². The van der Waals surface area contributed by atoms with Crippen molar-refractivity contribution < 1.29 is 28.2 Å². The molecule has 8 nitrogen and oxygen atoms in total. The predicted molar refractivity (Wildman–Crippen MR) is 129 cm³/mol. The molecule has 1 heterocycles. The van der Waals surface area contributed by atoms with Gasteiger partial charge >= 0.3 is 5.97 Å². The molecule has 180 valence electrons. The lowest BCUT2D eigenvalue weighted by atomic mass is 10.1. The van der Waals surface area contributed by atoms with E-state index in [1.165, 1.54) is 12.3 Å². The fourth-order valence-electron chi connectivity index (χ4n) is 3.06. The molecule has 0 aliphatic carbocycles. The summed E-state index contributed by atoms with van der Waals surface area (Å²) in [7, 11) is 0. The van der Waals surface area contributed by atoms with Crippen LogP contribution < -0.4 is 19.5 Å². The molecule has 0 saturated heterocycles. The van der Waals surface area contributed by atoms with Crippen molar-refractivity contribution in [1.29, 1.82) is 5.26 Å². The molecular weight excluding hydrogens is 448 g/mol. The number of esters is 1. The number of rotatable bonds is 12. The summed E-state index contributed by atoms with van der Waals surface area (Å²) in [5.74, 6) is 0.972. The van der Waals surface area contributed by atoms with Crippen molar-refractivity contribution in [2.24, 2.45) is 0 Å². The predicted octanol–water partition coefficient (Wildman–Crippen LogP) is 4.67. The molecule has 1 N–H and O–H groups in total. The molecule has 0 radical (unpaired) electrons. The highest BCUT2D eigenvalue weighted by molar-refractivity contribution is 6.01. The molecule has 3 rings (SSSR count). The normalized spacial score (nSPS) is 10.8. The van der Waals surface area contributed by atoms with Crippen LogP contribution in [0, 0.1) is 11.3 Å². The Labute approximate surface area is 203 Å². The van der Waals surface area contributed by atoms with E-state index in [1.807, 2.05) is 36.4 Å². The van der Waals surface area contributed by atoms with Crippen LogP contribution in [0.2, 0.25) is 0 Å². The lowest BCUT2D eigenvalue weighted by molar-refractivity contribution is -0.134. The Bertz CT molecular complexity index is 1180. The summed E-state index contributed by atoms with van der Waals surface area (Å²) in [6.45, 7) is 2.70. The van der Waals surface area contributed by atoms with E-state index in [1.54, 1.807) is 37.3 Å². The van der Waals surface area contributed by atoms with Gasteiger partial charge in [0.15, 0.2) is 11.5 Å². The summed E-state index contributed by atoms with van der Waals surface area (Å²) >= 11 is 0. The Balaban J connectivity index is 1.58. The van der Waals surface area contributed by atoms with E-state index >= 15 is 0 Å². The smallest absolute Gasteiger partial charge is 0.311 e. The van der Waals surface area contributed by atoms with Crippen LogP contribution in [0.3, 0.4) is 0 Å². The number of amides is 1. The molecule has 0 atom stereocenters. The van der Waals surface area contributed by atoms with Gasteiger partial charge in [-0.2, -0.15) is 5.26 Å². The van der Waals surface area contributed by atoms with Crippen molar-refractivity contribution in [2.45, 2.75) is 26.3 Å². The van der Waals surface area contributed by atoms with Crippen molar-refractivity contribution in [3.63, 3.8) is 0 Å². The van der Waals surface area contributed by atoms with Gasteiger partial charge in [0, 0.05) is 6.42 Å². The van der Waals surface area contributed by atoms with E-state index in [2.05, 4.69) is 5.32 Å². The average Bonchev–Trinajstić information content (AvgIpc) is 3.40. The van der Waals surface area contributed by atoms with Gasteiger partial charge in [-0.05, 0) is 61.4 Å². The van der Waals surface area contributed by atoms with Crippen LogP contribution in [-0.4, -0.2) is 25.1 Å². The lowest BCUT2D eigenvalue weighted by Crippen LogP contribution is -2.23. The number of nitrogens with one attached hydrogen (secondary N) is 1. The van der Waals surface area contributed by atoms with Crippen molar-refractivity contribution in [1.82, 2.24) is 5.32 Å². The van der Waals surface area contributed by atoms with Gasteiger partial charge < -0.3 is 23.9 Å². The molecule has 0 bridgehead atoms. The summed E-state index contributed by atoms with van der Waals surface area (Å²) in [5.41, 5.74) is 0.469. The number of carbonyl (C=O) groups is 2. The number of hydrogen-bond acceptors (Lipinski definition) is 7. The first-order valence-corrected chi connectivity index (χ1v) is 11.2. The highest BCUT2D eigenvalue weighted by atomic mass is 16.6. The van der Waals surface area contributed by atoms with Gasteiger partial charge in [-0.15, -0.1) is 0 Å². The van der Waals surface area contributed by atoms with Crippen molar-refractivity contribution in [3.8, 4) is 23.3 Å². The fourth-order valence-corrected chi connectivity index (χ4v) is 3.06. The number of furan rings is 1. The summed E-state index contributed by atoms with van der Waals surface area (Å²) in [6.07, 6.45) is 3.61. The molecule has 2 aromatic carbocycles. The van der Waals surface area contributed by atoms with Crippen LogP contribution in [-0.2, 0) is 16.1 Å². The van der Waals surface area contributed by atoms with E-state index in [0.717, 1.165) is 5.75 Å². The number of ether oxygens (including phenoxy) is 3. The van der Waals surface area contributed by atoms with E-state index in [9.17, 15) is 14.9 Å². The van der Waals surface area contributed by atoms with E-state index in [4.69, 9.17) is 18.6 Å². The minimum absolute atomic E-state index is 0.0813. The Morgan fingerprint density at radius 2 is 1.89 bits per heavy atom. The van der Waals surface area contributed by atoms with Gasteiger partial charge in [0.05, 0.1) is 26.0 Å². The minimum Gasteiger partial charge on any atom is -0.494 e. The second-order valence-electron chi connectivity index (χ2n) is 7.31. The molecule has 3 aromatic rings. The topological polar surface area (TPSA) is 111 Å². The Morgan fingerprint density at radius 3 is 2.60 bits per heavy atom. The average molecular weight is 475 g/mol. The summed E-state index contributed by atoms with van der Waals surface area (Å²) in [6, 6.07) is 19.5. The van der Waals surface area contributed by atoms with Crippen LogP contribution in [0.15, 0.2) is 76.9 Å². The Kier molecular flexibility index (Phi) is 9.52. The van der Waals surface area contributed by atoms with Crippen molar-refractivity contribution in [2.75, 3.05) is 13.2 Å². The number of benzene rings is 2. The minimum atomic E-state index is -0.532. The van der Waals surface area contributed by atoms with Crippen LogP contribution in [0.25, 0.3) is 6.08 Å². The van der Waals surface area contributed by atoms with Gasteiger partial charge in [0.2, 0.25) is 0 Å². The first-order chi connectivity index (χ1) is 17.1. The molecule has 0 spiro atoms. The van der Waals surface area contributed by atoms with E-state index < -0.39 is 11.9 Å². The van der Waals surface area contributed by atoms with Crippen LogP contribution in [0.1, 0.15) is 31.1 Å². The quantitative estimate of drug-likeness (QED) is 0.134. The third kappa shape index (κ3) is 8.09.